The number of carboxylic acids is 1. The summed E-state index contributed by atoms with van der Waals surface area (Å²) in [5.41, 5.74) is -0.0122. The van der Waals surface area contributed by atoms with Crippen LogP contribution in [0.25, 0.3) is 0 Å². The van der Waals surface area contributed by atoms with Gasteiger partial charge in [0, 0.05) is 11.8 Å². The molecule has 2 fully saturated rings. The zero-order valence-electron chi connectivity index (χ0n) is 28.3. The molecular weight excluding hydrogens is 544 g/mol. The Morgan fingerprint density at radius 1 is 1.09 bits per heavy atom. The molecule has 43 heavy (non-hydrogen) atoms. The number of ether oxygens (including phenoxy) is 2. The molecule has 1 aromatic carbocycles. The molecule has 244 valence electrons. The van der Waals surface area contributed by atoms with Crippen molar-refractivity contribution < 1.29 is 34.4 Å². The van der Waals surface area contributed by atoms with Gasteiger partial charge in [0.05, 0.1) is 29.5 Å². The van der Waals surface area contributed by atoms with Crippen LogP contribution in [0.15, 0.2) is 12.1 Å². The molecule has 0 bridgehead atoms. The first-order valence-corrected chi connectivity index (χ1v) is 16.6. The minimum atomic E-state index is -1.17. The van der Waals surface area contributed by atoms with Crippen LogP contribution in [0.3, 0.4) is 0 Å². The number of aliphatic hydroxyl groups is 1. The fraction of sp³-hybridized carbons (Fsp3) is 0.778. The van der Waals surface area contributed by atoms with Gasteiger partial charge in [-0.1, -0.05) is 60.6 Å². The van der Waals surface area contributed by atoms with E-state index in [4.69, 9.17) is 9.47 Å². The first kappa shape index (κ1) is 35.5. The highest BCUT2D eigenvalue weighted by Gasteiger charge is 2.60. The number of aromatic carboxylic acids is 1. The molecule has 7 heteroatoms. The van der Waals surface area contributed by atoms with Crippen molar-refractivity contribution in [3.8, 4) is 5.75 Å². The Hall–Kier alpha value is -1.96. The average Bonchev–Trinajstić information content (AvgIpc) is 3.24. The summed E-state index contributed by atoms with van der Waals surface area (Å²) in [6.45, 7) is 20.6. The quantitative estimate of drug-likeness (QED) is 0.214. The van der Waals surface area contributed by atoms with Crippen LogP contribution in [0.5, 0.6) is 5.75 Å². The smallest absolute Gasteiger partial charge is 0.339 e. The highest BCUT2D eigenvalue weighted by molar-refractivity contribution is 5.93. The fourth-order valence-corrected chi connectivity index (χ4v) is 7.96. The van der Waals surface area contributed by atoms with Crippen LogP contribution in [0, 0.1) is 36.0 Å². The summed E-state index contributed by atoms with van der Waals surface area (Å²) < 4.78 is 13.8. The molecule has 2 heterocycles. The number of aryl methyl sites for hydroxylation is 2. The Kier molecular flexibility index (Phi) is 11.2. The zero-order valence-corrected chi connectivity index (χ0v) is 28.3. The van der Waals surface area contributed by atoms with Crippen LogP contribution in [-0.2, 0) is 20.7 Å². The number of phenols is 1. The molecule has 0 aliphatic carbocycles. The van der Waals surface area contributed by atoms with Crippen LogP contribution in [0.4, 0.5) is 0 Å². The number of carbonyl (C=O) groups is 2. The largest absolute Gasteiger partial charge is 0.507 e. The first-order valence-electron chi connectivity index (χ1n) is 16.6. The topological polar surface area (TPSA) is 113 Å². The van der Waals surface area contributed by atoms with Crippen LogP contribution >= 0.6 is 0 Å². The van der Waals surface area contributed by atoms with E-state index in [0.29, 0.717) is 30.4 Å². The van der Waals surface area contributed by atoms with E-state index in [1.807, 2.05) is 13.8 Å². The molecule has 3 rings (SSSR count). The van der Waals surface area contributed by atoms with Crippen molar-refractivity contribution in [2.75, 3.05) is 0 Å². The fourth-order valence-electron chi connectivity index (χ4n) is 7.96. The van der Waals surface area contributed by atoms with E-state index in [0.717, 1.165) is 32.1 Å². The van der Waals surface area contributed by atoms with Gasteiger partial charge < -0.3 is 24.8 Å². The predicted molar refractivity (Wildman–Crippen MR) is 170 cm³/mol. The molecule has 3 N–H and O–H groups in total. The molecule has 0 radical (unpaired) electrons. The maximum Gasteiger partial charge on any atom is 0.339 e. The second-order valence-corrected chi connectivity index (χ2v) is 14.4. The third kappa shape index (κ3) is 6.69. The zero-order chi connectivity index (χ0) is 32.5. The molecule has 1 aromatic rings. The summed E-state index contributed by atoms with van der Waals surface area (Å²) in [6, 6.07) is 3.43. The number of rotatable bonds is 13. The summed E-state index contributed by atoms with van der Waals surface area (Å²) in [4.78, 5) is 25.9. The van der Waals surface area contributed by atoms with Gasteiger partial charge in [-0.15, -0.1) is 0 Å². The van der Waals surface area contributed by atoms with E-state index in [9.17, 15) is 24.9 Å². The third-order valence-electron chi connectivity index (χ3n) is 11.9. The molecule has 0 unspecified atom stereocenters. The third-order valence-corrected chi connectivity index (χ3v) is 11.9. The molecule has 0 amide bonds. The van der Waals surface area contributed by atoms with Gasteiger partial charge in [-0.25, -0.2) is 4.79 Å². The van der Waals surface area contributed by atoms with Gasteiger partial charge in [0.15, 0.2) is 0 Å². The van der Waals surface area contributed by atoms with E-state index in [1.54, 1.807) is 26.0 Å². The number of Topliss-reactive ketones (excluding diaryl/α,β-unsaturated/α-hetero) is 1. The molecule has 7 nitrogen and oxygen atoms in total. The molecule has 10 atom stereocenters. The summed E-state index contributed by atoms with van der Waals surface area (Å²) in [5, 5.41) is 31.3. The van der Waals surface area contributed by atoms with E-state index in [1.165, 1.54) is 0 Å². The maximum absolute atomic E-state index is 14.1. The Bertz CT molecular complexity index is 1150. The number of ketones is 1. The van der Waals surface area contributed by atoms with Crippen LogP contribution in [-0.4, -0.2) is 56.6 Å². The van der Waals surface area contributed by atoms with E-state index in [-0.39, 0.29) is 52.5 Å². The van der Waals surface area contributed by atoms with Gasteiger partial charge in [-0.3, -0.25) is 4.79 Å². The lowest BCUT2D eigenvalue weighted by molar-refractivity contribution is -0.227. The number of aromatic hydroxyl groups is 1. The van der Waals surface area contributed by atoms with Gasteiger partial charge in [0.1, 0.15) is 17.1 Å². The van der Waals surface area contributed by atoms with Crippen LogP contribution in [0.1, 0.15) is 129 Å². The molecular formula is C36H58O7. The minimum Gasteiger partial charge on any atom is -0.507 e. The van der Waals surface area contributed by atoms with Crippen LogP contribution in [0.2, 0.25) is 0 Å². The predicted octanol–water partition coefficient (Wildman–Crippen LogP) is 7.51. The number of hydrogen-bond acceptors (Lipinski definition) is 6. The first-order chi connectivity index (χ1) is 20.0. The number of carboxylic acid groups (broad SMARTS) is 1. The van der Waals surface area contributed by atoms with Gasteiger partial charge in [-0.05, 0) is 101 Å². The second kappa shape index (κ2) is 13.6. The number of benzene rings is 1. The lowest BCUT2D eigenvalue weighted by atomic mass is 9.70. The average molecular weight is 603 g/mol. The Morgan fingerprint density at radius 3 is 2.28 bits per heavy atom. The van der Waals surface area contributed by atoms with Gasteiger partial charge >= 0.3 is 5.97 Å². The molecule has 2 aliphatic rings. The summed E-state index contributed by atoms with van der Waals surface area (Å²) >= 11 is 0. The number of aliphatic hydroxyl groups excluding tert-OH is 1. The van der Waals surface area contributed by atoms with E-state index in [2.05, 4.69) is 41.5 Å². The van der Waals surface area contributed by atoms with E-state index < -0.39 is 29.2 Å². The lowest BCUT2D eigenvalue weighted by Crippen LogP contribution is -2.54. The van der Waals surface area contributed by atoms with Crippen molar-refractivity contribution in [3.63, 3.8) is 0 Å². The molecule has 0 aromatic heterocycles. The highest BCUT2D eigenvalue weighted by atomic mass is 16.6. The lowest BCUT2D eigenvalue weighted by Gasteiger charge is -2.49. The highest BCUT2D eigenvalue weighted by Crippen LogP contribution is 2.54. The van der Waals surface area contributed by atoms with Crippen molar-refractivity contribution in [1.82, 2.24) is 0 Å². The van der Waals surface area contributed by atoms with Gasteiger partial charge in [-0.2, -0.15) is 0 Å². The standard InChI is InChI=1S/C36H58O7/c1-11-27(35(10)23(6)20-36(13-3,43-35)28-18-19-34(9,12-2)25(8)42-28)32(39)24(7)30(37)21(4)14-16-26-17-15-22(5)31(38)29(26)33(40)41/h15,17,21,23-25,27-28,30,37-38H,11-14,16,18-20H2,1-10H3,(H,40,41)/t21-,23+,24+,25+,27+,28-,30+,34+,35+,36+/m1/s1. The second-order valence-electron chi connectivity index (χ2n) is 14.4. The minimum absolute atomic E-state index is 0.0102. The number of carbonyl (C=O) groups excluding carboxylic acids is 1. The van der Waals surface area contributed by atoms with Crippen molar-refractivity contribution in [2.24, 2.45) is 29.1 Å². The van der Waals surface area contributed by atoms with Crippen molar-refractivity contribution in [3.05, 3.63) is 28.8 Å². The molecule has 0 saturated carbocycles. The Labute approximate surface area is 259 Å². The normalized spacial score (nSPS) is 34.0. The van der Waals surface area contributed by atoms with E-state index >= 15 is 0 Å². The van der Waals surface area contributed by atoms with Crippen molar-refractivity contribution in [1.29, 1.82) is 0 Å². The van der Waals surface area contributed by atoms with Crippen LogP contribution < -0.4 is 0 Å². The molecule has 2 saturated heterocycles. The number of hydrogen-bond donors (Lipinski definition) is 3. The van der Waals surface area contributed by atoms with Crippen molar-refractivity contribution >= 4 is 11.8 Å². The van der Waals surface area contributed by atoms with Crippen molar-refractivity contribution in [2.45, 2.75) is 150 Å². The SMILES string of the molecule is CC[C@@H](C(=O)[C@@H](C)[C@@H](O)[C@H](C)CCc1ccc(C)c(O)c1C(=O)O)[C@@]1(C)O[C@](CC)([C@H]2CC[C@](C)(CC)[C@H](C)O2)C[C@@H]1C. The maximum atomic E-state index is 14.1. The Morgan fingerprint density at radius 2 is 1.74 bits per heavy atom. The Balaban J connectivity index is 1.75. The monoisotopic (exact) mass is 602 g/mol. The van der Waals surface area contributed by atoms with Gasteiger partial charge in [0.2, 0.25) is 0 Å². The summed E-state index contributed by atoms with van der Waals surface area (Å²) in [5.74, 6) is -2.47. The van der Waals surface area contributed by atoms with Gasteiger partial charge in [0.25, 0.3) is 0 Å². The summed E-state index contributed by atoms with van der Waals surface area (Å²) in [6.07, 6.45) is 5.50. The molecule has 0 spiro atoms. The molecule has 2 aliphatic heterocycles. The summed E-state index contributed by atoms with van der Waals surface area (Å²) in [7, 11) is 0.